The molecule has 2 aromatic carbocycles. The highest BCUT2D eigenvalue weighted by Crippen LogP contribution is 2.58. The van der Waals surface area contributed by atoms with Crippen molar-refractivity contribution in [2.24, 2.45) is 4.99 Å². The second kappa shape index (κ2) is 7.54. The molecule has 3 amide bonds. The SMILES string of the molecule is CCN(CC)C1=NC23Oc4ccc5ccccc5c4C2(NC(=O)N3[C@H]2C[C@H](O)[C@@H](CO)O2)C(=O)N1. The van der Waals surface area contributed by atoms with Crippen molar-refractivity contribution < 1.29 is 29.3 Å². The lowest BCUT2D eigenvalue weighted by molar-refractivity contribution is -0.164. The number of fused-ring (bicyclic) bond motifs is 3. The zero-order valence-corrected chi connectivity index (χ0v) is 19.4. The molecule has 4 aliphatic heterocycles. The number of aliphatic hydroxyl groups excluding tert-OH is 2. The summed E-state index contributed by atoms with van der Waals surface area (Å²) >= 11 is 0. The number of carbonyl (C=O) groups is 2. The van der Waals surface area contributed by atoms with Crippen LogP contribution >= 0.6 is 0 Å². The summed E-state index contributed by atoms with van der Waals surface area (Å²) in [5, 5.41) is 27.5. The third-order valence-electron chi connectivity index (χ3n) is 7.40. The Morgan fingerprint density at radius 3 is 2.69 bits per heavy atom. The van der Waals surface area contributed by atoms with Crippen molar-refractivity contribution in [2.75, 3.05) is 19.7 Å². The topological polar surface area (TPSA) is 136 Å². The highest BCUT2D eigenvalue weighted by molar-refractivity contribution is 6.11. The molecule has 2 saturated heterocycles. The van der Waals surface area contributed by atoms with Crippen molar-refractivity contribution in [3.63, 3.8) is 0 Å². The van der Waals surface area contributed by atoms with Crippen molar-refractivity contribution in [1.82, 2.24) is 20.4 Å². The number of aliphatic hydroxyl groups is 2. The molecule has 0 aliphatic carbocycles. The molecule has 11 heteroatoms. The molecule has 5 atom stereocenters. The van der Waals surface area contributed by atoms with Crippen LogP contribution in [-0.4, -0.2) is 81.9 Å². The first-order valence-electron chi connectivity index (χ1n) is 11.8. The minimum atomic E-state index is -1.83. The minimum Gasteiger partial charge on any atom is -0.445 e. The number of aliphatic imine (C=N–C) groups is 1. The summed E-state index contributed by atoms with van der Waals surface area (Å²) in [5.41, 5.74) is -1.17. The standard InChI is InChI=1S/C24H27N5O6/c1-3-28(4-2)21-25-20(32)23-19-14-8-6-5-7-13(14)9-10-16(19)35-24(23,26-21)29(22(33)27-23)18-11-15(31)17(12-30)34-18/h5-10,15,17-18,30-31H,3-4,11-12H2,1-2H3,(H,27,33)(H,25,26,32)/t15-,17+,18+,23?,24?/m0/s1. The van der Waals surface area contributed by atoms with Crippen LogP contribution in [-0.2, 0) is 15.1 Å². The van der Waals surface area contributed by atoms with Gasteiger partial charge in [0, 0.05) is 25.1 Å². The molecule has 0 saturated carbocycles. The average Bonchev–Trinajstić information content (AvgIpc) is 3.44. The molecule has 4 aliphatic rings. The molecule has 11 nitrogen and oxygen atoms in total. The Labute approximate surface area is 201 Å². The van der Waals surface area contributed by atoms with Gasteiger partial charge >= 0.3 is 11.9 Å². The second-order valence-electron chi connectivity index (χ2n) is 9.10. The number of guanidine groups is 1. The van der Waals surface area contributed by atoms with E-state index in [1.54, 1.807) is 6.07 Å². The first kappa shape index (κ1) is 22.1. The Bertz CT molecular complexity index is 1260. The fourth-order valence-corrected chi connectivity index (χ4v) is 5.73. The van der Waals surface area contributed by atoms with Crippen molar-refractivity contribution in [3.05, 3.63) is 42.0 Å². The number of ether oxygens (including phenoxy) is 2. The van der Waals surface area contributed by atoms with E-state index in [0.717, 1.165) is 10.8 Å². The van der Waals surface area contributed by atoms with E-state index < -0.39 is 48.4 Å². The van der Waals surface area contributed by atoms with Gasteiger partial charge in [-0.2, -0.15) is 4.99 Å². The van der Waals surface area contributed by atoms with Crippen LogP contribution in [0.2, 0.25) is 0 Å². The maximum atomic E-state index is 14.0. The van der Waals surface area contributed by atoms with Crippen LogP contribution in [0.25, 0.3) is 10.8 Å². The Balaban J connectivity index is 1.61. The molecule has 184 valence electrons. The molecule has 2 aromatic rings. The zero-order valence-electron chi connectivity index (χ0n) is 19.4. The Morgan fingerprint density at radius 2 is 1.97 bits per heavy atom. The number of hydrogen-bond donors (Lipinski definition) is 4. The quantitative estimate of drug-likeness (QED) is 0.496. The van der Waals surface area contributed by atoms with Crippen LogP contribution in [0, 0.1) is 0 Å². The second-order valence-corrected chi connectivity index (χ2v) is 9.10. The zero-order chi connectivity index (χ0) is 24.5. The van der Waals surface area contributed by atoms with Crippen LogP contribution in [0.5, 0.6) is 5.75 Å². The number of nitrogens with zero attached hydrogens (tertiary/aromatic N) is 3. The molecular formula is C24H27N5O6. The van der Waals surface area contributed by atoms with Gasteiger partial charge in [-0.15, -0.1) is 0 Å². The molecule has 6 rings (SSSR count). The predicted molar refractivity (Wildman–Crippen MR) is 124 cm³/mol. The first-order valence-corrected chi connectivity index (χ1v) is 11.8. The van der Waals surface area contributed by atoms with E-state index in [2.05, 4.69) is 10.6 Å². The molecule has 0 spiro atoms. The van der Waals surface area contributed by atoms with Gasteiger partial charge in [0.15, 0.2) is 0 Å². The van der Waals surface area contributed by atoms with Gasteiger partial charge in [-0.1, -0.05) is 30.3 Å². The van der Waals surface area contributed by atoms with Gasteiger partial charge in [0.25, 0.3) is 5.91 Å². The van der Waals surface area contributed by atoms with Crippen molar-refractivity contribution >= 4 is 28.7 Å². The van der Waals surface area contributed by atoms with Crippen LogP contribution in [0.3, 0.4) is 0 Å². The van der Waals surface area contributed by atoms with Gasteiger partial charge in [0.05, 0.1) is 12.7 Å². The molecule has 2 fully saturated rings. The number of nitrogens with one attached hydrogen (secondary N) is 2. The lowest BCUT2D eigenvalue weighted by atomic mass is 9.82. The maximum Gasteiger partial charge on any atom is 0.328 e. The van der Waals surface area contributed by atoms with Gasteiger partial charge in [0.1, 0.15) is 18.1 Å². The molecule has 4 heterocycles. The third-order valence-corrected chi connectivity index (χ3v) is 7.40. The number of rotatable bonds is 4. The van der Waals surface area contributed by atoms with E-state index in [-0.39, 0.29) is 12.4 Å². The van der Waals surface area contributed by atoms with E-state index >= 15 is 0 Å². The van der Waals surface area contributed by atoms with Crippen LogP contribution in [0.15, 0.2) is 41.4 Å². The van der Waals surface area contributed by atoms with Gasteiger partial charge in [0.2, 0.25) is 11.5 Å². The summed E-state index contributed by atoms with van der Waals surface area (Å²) < 4.78 is 12.4. The third kappa shape index (κ3) is 2.68. The molecule has 0 aromatic heterocycles. The first-order chi connectivity index (χ1) is 16.9. The van der Waals surface area contributed by atoms with E-state index in [1.165, 1.54) is 4.90 Å². The summed E-state index contributed by atoms with van der Waals surface area (Å²) in [6, 6.07) is 10.6. The van der Waals surface area contributed by atoms with Crippen molar-refractivity contribution in [3.8, 4) is 5.75 Å². The summed E-state index contributed by atoms with van der Waals surface area (Å²) in [6.45, 7) is 4.61. The van der Waals surface area contributed by atoms with E-state index in [1.807, 2.05) is 49.1 Å². The largest absolute Gasteiger partial charge is 0.445 e. The van der Waals surface area contributed by atoms with Gasteiger partial charge in [-0.05, 0) is 30.7 Å². The maximum absolute atomic E-state index is 14.0. The van der Waals surface area contributed by atoms with Gasteiger partial charge in [-0.3, -0.25) is 10.1 Å². The smallest absolute Gasteiger partial charge is 0.328 e. The Morgan fingerprint density at radius 1 is 1.20 bits per heavy atom. The summed E-state index contributed by atoms with van der Waals surface area (Å²) in [4.78, 5) is 35.7. The highest BCUT2D eigenvalue weighted by atomic mass is 16.6. The monoisotopic (exact) mass is 481 g/mol. The van der Waals surface area contributed by atoms with E-state index in [4.69, 9.17) is 14.5 Å². The minimum absolute atomic E-state index is 0.0364. The highest BCUT2D eigenvalue weighted by Gasteiger charge is 2.79. The summed E-state index contributed by atoms with van der Waals surface area (Å²) in [5.74, 6) is -1.60. The number of hydrogen-bond acceptors (Lipinski definition) is 8. The number of benzene rings is 2. The lowest BCUT2D eigenvalue weighted by Crippen LogP contribution is -2.71. The molecular weight excluding hydrogens is 454 g/mol. The number of carbonyl (C=O) groups excluding carboxylic acids is 2. The normalized spacial score (nSPS) is 33.0. The predicted octanol–water partition coefficient (Wildman–Crippen LogP) is 0.402. The molecule has 35 heavy (non-hydrogen) atoms. The fraction of sp³-hybridized carbons (Fsp3) is 0.458. The Kier molecular flexibility index (Phi) is 4.76. The van der Waals surface area contributed by atoms with Gasteiger partial charge < -0.3 is 29.9 Å². The summed E-state index contributed by atoms with van der Waals surface area (Å²) in [7, 11) is 0. The van der Waals surface area contributed by atoms with Crippen LogP contribution in [0.4, 0.5) is 4.79 Å². The van der Waals surface area contributed by atoms with Gasteiger partial charge in [-0.25, -0.2) is 9.69 Å². The number of amides is 3. The van der Waals surface area contributed by atoms with Crippen LogP contribution in [0.1, 0.15) is 25.8 Å². The van der Waals surface area contributed by atoms with Crippen molar-refractivity contribution in [2.45, 2.75) is 50.1 Å². The van der Waals surface area contributed by atoms with E-state index in [9.17, 15) is 19.8 Å². The fourth-order valence-electron chi connectivity index (χ4n) is 5.73. The Hall–Kier alpha value is -3.41. The number of urea groups is 1. The molecule has 4 N–H and O–H groups in total. The molecule has 2 unspecified atom stereocenters. The molecule has 0 bridgehead atoms. The van der Waals surface area contributed by atoms with Crippen LogP contribution < -0.4 is 15.4 Å². The molecule has 0 radical (unpaired) electrons. The summed E-state index contributed by atoms with van der Waals surface area (Å²) in [6.07, 6.45) is -2.79. The lowest BCUT2D eigenvalue weighted by Gasteiger charge is -2.43. The van der Waals surface area contributed by atoms with Crippen molar-refractivity contribution in [1.29, 1.82) is 0 Å². The average molecular weight is 482 g/mol. The van der Waals surface area contributed by atoms with E-state index in [0.29, 0.717) is 24.4 Å².